The number of anilines is 1. The fraction of sp³-hybridized carbons (Fsp3) is 0.455. The number of rotatable bonds is 2. The summed E-state index contributed by atoms with van der Waals surface area (Å²) in [5, 5.41) is 7.99. The van der Waals surface area contributed by atoms with Crippen molar-refractivity contribution in [2.24, 2.45) is 0 Å². The number of piperidine rings is 1. The van der Waals surface area contributed by atoms with Gasteiger partial charge in [-0.05, 0) is 38.1 Å². The van der Waals surface area contributed by atoms with Crippen molar-refractivity contribution in [3.05, 3.63) is 28.2 Å². The summed E-state index contributed by atoms with van der Waals surface area (Å²) in [5.74, 6) is 0. The molecule has 1 aromatic carbocycles. The molecule has 1 aliphatic rings. The molecule has 0 radical (unpaired) electrons. The molecular formula is C11H14Cl2N2. The van der Waals surface area contributed by atoms with Gasteiger partial charge in [-0.15, -0.1) is 0 Å². The zero-order valence-electron chi connectivity index (χ0n) is 8.39. The van der Waals surface area contributed by atoms with E-state index in [9.17, 15) is 0 Å². The van der Waals surface area contributed by atoms with E-state index in [0.717, 1.165) is 31.6 Å². The first-order valence-electron chi connectivity index (χ1n) is 5.18. The van der Waals surface area contributed by atoms with Gasteiger partial charge in [0.25, 0.3) is 0 Å². The van der Waals surface area contributed by atoms with E-state index >= 15 is 0 Å². The molecule has 2 nitrogen and oxygen atoms in total. The van der Waals surface area contributed by atoms with Gasteiger partial charge in [0.05, 0.1) is 15.7 Å². The Morgan fingerprint density at radius 2 is 1.93 bits per heavy atom. The van der Waals surface area contributed by atoms with Crippen LogP contribution in [0.2, 0.25) is 10.0 Å². The molecule has 15 heavy (non-hydrogen) atoms. The molecule has 1 aliphatic heterocycles. The molecule has 0 spiro atoms. The zero-order valence-corrected chi connectivity index (χ0v) is 9.91. The van der Waals surface area contributed by atoms with Crippen LogP contribution in [0.15, 0.2) is 18.2 Å². The maximum atomic E-state index is 6.10. The van der Waals surface area contributed by atoms with Crippen LogP contribution in [0, 0.1) is 0 Å². The van der Waals surface area contributed by atoms with Gasteiger partial charge in [-0.25, -0.2) is 0 Å². The topological polar surface area (TPSA) is 24.1 Å². The third-order valence-electron chi connectivity index (χ3n) is 2.65. The van der Waals surface area contributed by atoms with Crippen LogP contribution in [0.25, 0.3) is 0 Å². The van der Waals surface area contributed by atoms with Crippen molar-refractivity contribution in [1.82, 2.24) is 5.32 Å². The summed E-state index contributed by atoms with van der Waals surface area (Å²) in [5.41, 5.74) is 0.941. The molecular weight excluding hydrogens is 231 g/mol. The molecule has 0 bridgehead atoms. The van der Waals surface area contributed by atoms with Crippen molar-refractivity contribution in [2.75, 3.05) is 18.4 Å². The van der Waals surface area contributed by atoms with E-state index in [0.29, 0.717) is 16.1 Å². The van der Waals surface area contributed by atoms with Gasteiger partial charge in [0, 0.05) is 6.04 Å². The second-order valence-corrected chi connectivity index (χ2v) is 4.56. The van der Waals surface area contributed by atoms with E-state index in [1.54, 1.807) is 6.07 Å². The van der Waals surface area contributed by atoms with Crippen molar-refractivity contribution in [3.63, 3.8) is 0 Å². The zero-order chi connectivity index (χ0) is 10.7. The van der Waals surface area contributed by atoms with Gasteiger partial charge < -0.3 is 10.6 Å². The molecule has 2 rings (SSSR count). The standard InChI is InChI=1S/C11H14Cl2N2/c12-9-2-1-3-10(11(9)13)15-8-4-6-14-7-5-8/h1-3,8,14-15H,4-7H2. The lowest BCUT2D eigenvalue weighted by molar-refractivity contribution is 0.479. The molecule has 0 aromatic heterocycles. The normalized spacial score (nSPS) is 17.7. The first kappa shape index (κ1) is 11.1. The van der Waals surface area contributed by atoms with Crippen LogP contribution < -0.4 is 10.6 Å². The van der Waals surface area contributed by atoms with Crippen LogP contribution in [0.1, 0.15) is 12.8 Å². The average molecular weight is 245 g/mol. The van der Waals surface area contributed by atoms with Crippen molar-refractivity contribution in [1.29, 1.82) is 0 Å². The maximum Gasteiger partial charge on any atom is 0.0823 e. The SMILES string of the molecule is Clc1cccc(NC2CCNCC2)c1Cl. The van der Waals surface area contributed by atoms with Crippen molar-refractivity contribution in [3.8, 4) is 0 Å². The maximum absolute atomic E-state index is 6.10. The van der Waals surface area contributed by atoms with E-state index in [1.807, 2.05) is 12.1 Å². The molecule has 1 fully saturated rings. The molecule has 0 unspecified atom stereocenters. The number of hydrogen-bond donors (Lipinski definition) is 2. The number of hydrogen-bond acceptors (Lipinski definition) is 2. The fourth-order valence-electron chi connectivity index (χ4n) is 1.80. The summed E-state index contributed by atoms with van der Waals surface area (Å²) >= 11 is 12.0. The first-order valence-corrected chi connectivity index (χ1v) is 5.94. The van der Waals surface area contributed by atoms with E-state index in [4.69, 9.17) is 23.2 Å². The van der Waals surface area contributed by atoms with Crippen molar-refractivity contribution in [2.45, 2.75) is 18.9 Å². The Kier molecular flexibility index (Phi) is 3.73. The van der Waals surface area contributed by atoms with Gasteiger partial charge in [0.15, 0.2) is 0 Å². The number of halogens is 2. The van der Waals surface area contributed by atoms with Crippen LogP contribution >= 0.6 is 23.2 Å². The predicted octanol–water partition coefficient (Wildman–Crippen LogP) is 3.16. The van der Waals surface area contributed by atoms with Crippen LogP contribution in [0.5, 0.6) is 0 Å². The van der Waals surface area contributed by atoms with E-state index in [1.165, 1.54) is 0 Å². The van der Waals surface area contributed by atoms with Crippen molar-refractivity contribution < 1.29 is 0 Å². The minimum Gasteiger partial charge on any atom is -0.381 e. The highest BCUT2D eigenvalue weighted by molar-refractivity contribution is 6.43. The first-order chi connectivity index (χ1) is 7.27. The lowest BCUT2D eigenvalue weighted by Gasteiger charge is -2.25. The Balaban J connectivity index is 2.06. The van der Waals surface area contributed by atoms with Crippen molar-refractivity contribution >= 4 is 28.9 Å². The molecule has 4 heteroatoms. The average Bonchev–Trinajstić information content (AvgIpc) is 2.26. The highest BCUT2D eigenvalue weighted by atomic mass is 35.5. The van der Waals surface area contributed by atoms with Gasteiger partial charge in [0.1, 0.15) is 0 Å². The molecule has 82 valence electrons. The molecule has 1 saturated heterocycles. The van der Waals surface area contributed by atoms with Gasteiger partial charge in [0.2, 0.25) is 0 Å². The smallest absolute Gasteiger partial charge is 0.0823 e. The Labute approximate surface area is 100.0 Å². The Morgan fingerprint density at radius 3 is 2.67 bits per heavy atom. The third kappa shape index (κ3) is 2.77. The highest BCUT2D eigenvalue weighted by Crippen LogP contribution is 2.30. The lowest BCUT2D eigenvalue weighted by Crippen LogP contribution is -2.35. The Bertz CT molecular complexity index is 335. The van der Waals surface area contributed by atoms with Gasteiger partial charge in [-0.1, -0.05) is 29.3 Å². The number of nitrogens with one attached hydrogen (secondary N) is 2. The molecule has 0 amide bonds. The lowest BCUT2D eigenvalue weighted by atomic mass is 10.1. The summed E-state index contributed by atoms with van der Waals surface area (Å²) in [7, 11) is 0. The third-order valence-corrected chi connectivity index (χ3v) is 3.47. The predicted molar refractivity (Wildman–Crippen MR) is 66.0 cm³/mol. The largest absolute Gasteiger partial charge is 0.381 e. The summed E-state index contributed by atoms with van der Waals surface area (Å²) in [6.07, 6.45) is 2.26. The molecule has 2 N–H and O–H groups in total. The van der Waals surface area contributed by atoms with Gasteiger partial charge >= 0.3 is 0 Å². The van der Waals surface area contributed by atoms with Gasteiger partial charge in [-0.3, -0.25) is 0 Å². The molecule has 1 aromatic rings. The summed E-state index contributed by atoms with van der Waals surface area (Å²) in [6.45, 7) is 2.13. The van der Waals surface area contributed by atoms with Crippen LogP contribution in [0.3, 0.4) is 0 Å². The van der Waals surface area contributed by atoms with Crippen LogP contribution in [-0.4, -0.2) is 19.1 Å². The fourth-order valence-corrected chi connectivity index (χ4v) is 2.16. The second-order valence-electron chi connectivity index (χ2n) is 3.77. The minimum atomic E-state index is 0.502. The van der Waals surface area contributed by atoms with Crippen LogP contribution in [0.4, 0.5) is 5.69 Å². The minimum absolute atomic E-state index is 0.502. The molecule has 0 saturated carbocycles. The molecule has 1 heterocycles. The monoisotopic (exact) mass is 244 g/mol. The van der Waals surface area contributed by atoms with E-state index in [2.05, 4.69) is 10.6 Å². The Morgan fingerprint density at radius 1 is 1.20 bits per heavy atom. The van der Waals surface area contributed by atoms with Gasteiger partial charge in [-0.2, -0.15) is 0 Å². The summed E-state index contributed by atoms with van der Waals surface area (Å²) in [6, 6.07) is 6.19. The second kappa shape index (κ2) is 5.06. The summed E-state index contributed by atoms with van der Waals surface area (Å²) < 4.78 is 0. The van der Waals surface area contributed by atoms with E-state index < -0.39 is 0 Å². The van der Waals surface area contributed by atoms with Crippen LogP contribution in [-0.2, 0) is 0 Å². The molecule has 0 aliphatic carbocycles. The highest BCUT2D eigenvalue weighted by Gasteiger charge is 2.14. The van der Waals surface area contributed by atoms with E-state index in [-0.39, 0.29) is 0 Å². The Hall–Kier alpha value is -0.440. The summed E-state index contributed by atoms with van der Waals surface area (Å²) in [4.78, 5) is 0. The number of benzene rings is 1. The quantitative estimate of drug-likeness (QED) is 0.836. The molecule has 0 atom stereocenters.